The van der Waals surface area contributed by atoms with E-state index < -0.39 is 6.98 Å². The minimum atomic E-state index is -2.45. The van der Waals surface area contributed by atoms with Crippen molar-refractivity contribution in [3.05, 3.63) is 151 Å². The number of hydrogen-bond acceptors (Lipinski definition) is 3. The second-order valence-electron chi connectivity index (χ2n) is 15.9. The molecule has 0 fully saturated rings. The van der Waals surface area contributed by atoms with Crippen LogP contribution >= 0.6 is 0 Å². The summed E-state index contributed by atoms with van der Waals surface area (Å²) in [5.41, 5.74) is 11.5. The molecule has 0 atom stereocenters. The number of furan rings is 1. The van der Waals surface area contributed by atoms with Crippen LogP contribution < -0.4 is 4.57 Å². The molecule has 0 amide bonds. The number of benzene rings is 6. The standard InChI is InChI=1S/C49H35N7O.Pt/c1-29-13-12-19-39-46(29)51-48-55(39)41-26-34-32-14-6-8-16-36(32)54(40(34)27-42(41)56(48)45-23-30(21-22-50-45)49(2,3)4)43-25-31(53-28-52(5)37-17-9-10-18-38(37)53)24-35-33-15-7-11-20-44(33)57-47(35)43;/h6-24,26H,1-5H3;/q-2;/i5D3;. The van der Waals surface area contributed by atoms with Crippen LogP contribution in [0.1, 0.15) is 36.0 Å². The summed E-state index contributed by atoms with van der Waals surface area (Å²) in [5.74, 6) is 1.50. The zero-order valence-electron chi connectivity index (χ0n) is 34.9. The smallest absolute Gasteiger partial charge is 0.242 e. The van der Waals surface area contributed by atoms with Crippen LogP contribution in [0.2, 0.25) is 0 Å². The molecule has 6 heterocycles. The SMILES string of the molecule is [2H]C([2H])([2H])[n+]1[c-]n(-c2[c-]c(-n3c4[c-]c5c(cc4c4ccccc43)n3c4cccc(C)c4nc3n5-c3cc(C(C)(C)C)ccn3)c3oc4ccccc4c3c2)c2ccccc21.[Pt]. The van der Waals surface area contributed by atoms with Crippen LogP contribution in [0.4, 0.5) is 0 Å². The van der Waals surface area contributed by atoms with Gasteiger partial charge in [0.1, 0.15) is 11.4 Å². The molecule has 9 heteroatoms. The van der Waals surface area contributed by atoms with Crippen molar-refractivity contribution in [3.63, 3.8) is 0 Å². The summed E-state index contributed by atoms with van der Waals surface area (Å²) in [5, 5.41) is 3.81. The van der Waals surface area contributed by atoms with Crippen molar-refractivity contribution in [1.29, 1.82) is 0 Å². The first-order chi connectivity index (χ1) is 28.9. The molecule has 0 aliphatic heterocycles. The van der Waals surface area contributed by atoms with Gasteiger partial charge in [0.25, 0.3) is 0 Å². The van der Waals surface area contributed by atoms with E-state index >= 15 is 0 Å². The number of aromatic nitrogens is 7. The Hall–Kier alpha value is -6.50. The average Bonchev–Trinajstić information content (AvgIpc) is 4.04. The Balaban J connectivity index is 0.00000420. The van der Waals surface area contributed by atoms with Gasteiger partial charge in [-0.15, -0.1) is 17.5 Å². The van der Waals surface area contributed by atoms with E-state index in [4.69, 9.17) is 18.5 Å². The largest absolute Gasteiger partial charge is 0.514 e. The summed E-state index contributed by atoms with van der Waals surface area (Å²) in [7, 11) is 0. The second-order valence-corrected chi connectivity index (χ2v) is 15.9. The Kier molecular flexibility index (Phi) is 6.67. The van der Waals surface area contributed by atoms with Crippen molar-refractivity contribution in [2.45, 2.75) is 33.1 Å². The molecular formula is C49H35N7OPt-2. The van der Waals surface area contributed by atoms with E-state index in [0.29, 0.717) is 28.0 Å². The fraction of sp³-hybridized carbons (Fsp3) is 0.122. The maximum Gasteiger partial charge on any atom is 0.242 e. The van der Waals surface area contributed by atoms with Gasteiger partial charge in [0, 0.05) is 43.7 Å². The van der Waals surface area contributed by atoms with Gasteiger partial charge >= 0.3 is 0 Å². The molecule has 0 aliphatic rings. The molecule has 0 bridgehead atoms. The monoisotopic (exact) mass is 935 g/mol. The zero-order chi connectivity index (χ0) is 40.8. The van der Waals surface area contributed by atoms with Gasteiger partial charge in [-0.1, -0.05) is 110 Å². The van der Waals surface area contributed by atoms with Gasteiger partial charge in [-0.25, -0.2) is 9.97 Å². The number of fused-ring (bicyclic) bond motifs is 12. The van der Waals surface area contributed by atoms with Gasteiger partial charge < -0.3 is 22.5 Å². The summed E-state index contributed by atoms with van der Waals surface area (Å²) in [4.78, 5) is 10.2. The Bertz CT molecular complexity index is 3780. The number of imidazole rings is 3. The summed E-state index contributed by atoms with van der Waals surface area (Å²) in [6.45, 7) is 6.26. The first-order valence-electron chi connectivity index (χ1n) is 20.5. The van der Waals surface area contributed by atoms with E-state index in [0.717, 1.165) is 83.0 Å². The van der Waals surface area contributed by atoms with Crippen LogP contribution in [0, 0.1) is 25.4 Å². The summed E-state index contributed by atoms with van der Waals surface area (Å²) < 4.78 is 41.3. The minimum Gasteiger partial charge on any atom is -0.514 e. The number of para-hydroxylation sites is 5. The van der Waals surface area contributed by atoms with Crippen LogP contribution in [0.25, 0.3) is 99.8 Å². The Labute approximate surface area is 351 Å². The fourth-order valence-corrected chi connectivity index (χ4v) is 8.67. The molecular weight excluding hydrogens is 898 g/mol. The molecule has 0 radical (unpaired) electrons. The molecule has 8 nitrogen and oxygen atoms in total. The first-order valence-corrected chi connectivity index (χ1v) is 19.0. The van der Waals surface area contributed by atoms with Gasteiger partial charge in [0.05, 0.1) is 33.2 Å². The predicted octanol–water partition coefficient (Wildman–Crippen LogP) is 10.6. The topological polar surface area (TPSA) is 62.0 Å². The molecule has 0 saturated heterocycles. The van der Waals surface area contributed by atoms with Crippen LogP contribution in [-0.2, 0) is 33.5 Å². The number of nitrogens with zero attached hydrogens (tertiary/aromatic N) is 7. The second kappa shape index (κ2) is 12.3. The molecule has 12 aromatic rings. The minimum absolute atomic E-state index is 0. The first kappa shape index (κ1) is 31.6. The maximum absolute atomic E-state index is 8.36. The normalized spacial score (nSPS) is 13.4. The molecule has 0 aliphatic carbocycles. The van der Waals surface area contributed by atoms with Crippen LogP contribution in [0.3, 0.4) is 0 Å². The Morgan fingerprint density at radius 1 is 0.724 bits per heavy atom. The Morgan fingerprint density at radius 2 is 1.50 bits per heavy atom. The van der Waals surface area contributed by atoms with Crippen LogP contribution in [0.5, 0.6) is 0 Å². The van der Waals surface area contributed by atoms with Crippen molar-refractivity contribution in [1.82, 2.24) is 28.1 Å². The third kappa shape index (κ3) is 4.75. The fourth-order valence-electron chi connectivity index (χ4n) is 8.67. The van der Waals surface area contributed by atoms with Gasteiger partial charge in [-0.3, -0.25) is 4.57 Å². The predicted molar refractivity (Wildman–Crippen MR) is 227 cm³/mol. The molecule has 284 valence electrons. The van der Waals surface area contributed by atoms with Crippen molar-refractivity contribution in [3.8, 4) is 17.2 Å². The number of rotatable bonds is 3. The maximum atomic E-state index is 8.36. The number of hydrogen-bond donors (Lipinski definition) is 0. The quantitative estimate of drug-likeness (QED) is 0.131. The van der Waals surface area contributed by atoms with E-state index in [1.807, 2.05) is 60.8 Å². The molecule has 6 aromatic heterocycles. The van der Waals surface area contributed by atoms with Gasteiger partial charge in [-0.05, 0) is 75.9 Å². The van der Waals surface area contributed by atoms with Crippen molar-refractivity contribution in [2.75, 3.05) is 0 Å². The molecule has 0 N–H and O–H groups in total. The van der Waals surface area contributed by atoms with Crippen LogP contribution in [-0.4, -0.2) is 28.1 Å². The third-order valence-corrected chi connectivity index (χ3v) is 11.5. The summed E-state index contributed by atoms with van der Waals surface area (Å²) in [6, 6.07) is 46.2. The van der Waals surface area contributed by atoms with Crippen molar-refractivity contribution in [2.24, 2.45) is 6.98 Å². The van der Waals surface area contributed by atoms with E-state index in [1.165, 1.54) is 4.57 Å². The van der Waals surface area contributed by atoms with E-state index in [2.05, 4.69) is 114 Å². The molecule has 6 aromatic carbocycles. The number of pyridine rings is 1. The van der Waals surface area contributed by atoms with Crippen molar-refractivity contribution >= 4 is 82.6 Å². The Morgan fingerprint density at radius 3 is 2.34 bits per heavy atom. The van der Waals surface area contributed by atoms with Gasteiger partial charge in [0.2, 0.25) is 12.1 Å². The van der Waals surface area contributed by atoms with Gasteiger partial charge in [0.15, 0.2) is 0 Å². The number of aryl methyl sites for hydroxylation is 2. The molecule has 58 heavy (non-hydrogen) atoms. The molecule has 0 saturated carbocycles. The molecule has 0 unspecified atom stereocenters. The zero-order valence-corrected chi connectivity index (χ0v) is 34.2. The van der Waals surface area contributed by atoms with Crippen LogP contribution in [0.15, 0.2) is 126 Å². The van der Waals surface area contributed by atoms with Crippen molar-refractivity contribution < 1.29 is 34.2 Å². The third-order valence-electron chi connectivity index (χ3n) is 11.5. The van der Waals surface area contributed by atoms with E-state index in [9.17, 15) is 0 Å². The van der Waals surface area contributed by atoms with E-state index in [1.54, 1.807) is 10.6 Å². The van der Waals surface area contributed by atoms with E-state index in [-0.39, 0.29) is 26.5 Å². The average molecular weight is 936 g/mol. The summed E-state index contributed by atoms with van der Waals surface area (Å²) >= 11 is 0. The molecule has 0 spiro atoms. The molecule has 12 rings (SSSR count). The van der Waals surface area contributed by atoms with Gasteiger partial charge in [-0.2, -0.15) is 12.1 Å². The summed E-state index contributed by atoms with van der Waals surface area (Å²) in [6.07, 6.45) is 5.04.